The van der Waals surface area contributed by atoms with Crippen LogP contribution < -0.4 is 0 Å². The number of hydrogen-bond acceptors (Lipinski definition) is 4. The van der Waals surface area contributed by atoms with Gasteiger partial charge in [0.25, 0.3) is 0 Å². The fourth-order valence-electron chi connectivity index (χ4n) is 1.47. The van der Waals surface area contributed by atoms with E-state index in [1.807, 2.05) is 6.92 Å². The molecule has 0 aliphatic rings. The molecule has 0 heterocycles. The molecule has 98 valence electrons. The van der Waals surface area contributed by atoms with Crippen LogP contribution in [0, 0.1) is 5.92 Å². The van der Waals surface area contributed by atoms with Crippen LogP contribution >= 0.6 is 0 Å². The number of carbonyl (C=O) groups is 3. The van der Waals surface area contributed by atoms with Gasteiger partial charge in [-0.2, -0.15) is 0 Å². The molecule has 0 aromatic rings. The van der Waals surface area contributed by atoms with E-state index in [0.717, 1.165) is 25.7 Å². The number of rotatable bonds is 9. The number of ketones is 2. The van der Waals surface area contributed by atoms with Crippen LogP contribution in [0.3, 0.4) is 0 Å². The SMILES string of the molecule is CCCCC(CC)COC(=O)C(=O)CC(C)=O. The average Bonchev–Trinajstić information content (AvgIpc) is 2.28. The summed E-state index contributed by atoms with van der Waals surface area (Å²) in [5, 5.41) is 0. The van der Waals surface area contributed by atoms with Crippen LogP contribution in [0.4, 0.5) is 0 Å². The van der Waals surface area contributed by atoms with Crippen molar-refractivity contribution >= 4 is 17.5 Å². The minimum Gasteiger partial charge on any atom is -0.460 e. The van der Waals surface area contributed by atoms with Crippen LogP contribution in [0.1, 0.15) is 52.9 Å². The molecule has 0 saturated heterocycles. The first-order valence-corrected chi connectivity index (χ1v) is 6.20. The maximum absolute atomic E-state index is 11.2. The Balaban J connectivity index is 3.95. The Kier molecular flexibility index (Phi) is 8.28. The molecule has 1 atom stereocenters. The highest BCUT2D eigenvalue weighted by Gasteiger charge is 2.18. The Morgan fingerprint density at radius 3 is 2.29 bits per heavy atom. The van der Waals surface area contributed by atoms with E-state index in [9.17, 15) is 14.4 Å². The summed E-state index contributed by atoms with van der Waals surface area (Å²) in [7, 11) is 0. The summed E-state index contributed by atoms with van der Waals surface area (Å²) in [4.78, 5) is 33.1. The molecule has 4 nitrogen and oxygen atoms in total. The van der Waals surface area contributed by atoms with E-state index in [1.165, 1.54) is 6.92 Å². The predicted molar refractivity (Wildman–Crippen MR) is 64.6 cm³/mol. The van der Waals surface area contributed by atoms with Gasteiger partial charge in [0.05, 0.1) is 13.0 Å². The maximum atomic E-state index is 11.2. The van der Waals surface area contributed by atoms with Crippen molar-refractivity contribution in [3.8, 4) is 0 Å². The van der Waals surface area contributed by atoms with Crippen molar-refractivity contribution in [2.75, 3.05) is 6.61 Å². The topological polar surface area (TPSA) is 60.4 Å². The van der Waals surface area contributed by atoms with Gasteiger partial charge in [0.1, 0.15) is 5.78 Å². The number of Topliss-reactive ketones (excluding diaryl/α,β-unsaturated/α-hetero) is 2. The quantitative estimate of drug-likeness (QED) is 0.353. The van der Waals surface area contributed by atoms with Crippen LogP contribution in [0.25, 0.3) is 0 Å². The van der Waals surface area contributed by atoms with Gasteiger partial charge in [-0.1, -0.05) is 33.1 Å². The molecule has 0 aromatic heterocycles. The van der Waals surface area contributed by atoms with E-state index in [4.69, 9.17) is 4.74 Å². The fraction of sp³-hybridized carbons (Fsp3) is 0.769. The highest BCUT2D eigenvalue weighted by atomic mass is 16.5. The van der Waals surface area contributed by atoms with Crippen molar-refractivity contribution in [1.29, 1.82) is 0 Å². The maximum Gasteiger partial charge on any atom is 0.375 e. The lowest BCUT2D eigenvalue weighted by molar-refractivity contribution is -0.155. The normalized spacial score (nSPS) is 11.9. The molecule has 0 rings (SSSR count). The van der Waals surface area contributed by atoms with Gasteiger partial charge in [0.15, 0.2) is 0 Å². The van der Waals surface area contributed by atoms with Gasteiger partial charge in [-0.3, -0.25) is 9.59 Å². The molecular weight excluding hydrogens is 220 g/mol. The van der Waals surface area contributed by atoms with Crippen molar-refractivity contribution in [2.24, 2.45) is 5.92 Å². The molecule has 0 saturated carbocycles. The lowest BCUT2D eigenvalue weighted by Crippen LogP contribution is -2.22. The molecule has 0 spiro atoms. The number of esters is 1. The Labute approximate surface area is 103 Å². The Morgan fingerprint density at radius 1 is 1.18 bits per heavy atom. The molecule has 0 bridgehead atoms. The molecule has 0 N–H and O–H groups in total. The number of hydrogen-bond donors (Lipinski definition) is 0. The fourth-order valence-corrected chi connectivity index (χ4v) is 1.47. The van der Waals surface area contributed by atoms with Gasteiger partial charge in [-0.05, 0) is 19.3 Å². The van der Waals surface area contributed by atoms with Crippen molar-refractivity contribution < 1.29 is 19.1 Å². The summed E-state index contributed by atoms with van der Waals surface area (Å²) in [5.74, 6) is -1.63. The first kappa shape index (κ1) is 15.8. The first-order valence-electron chi connectivity index (χ1n) is 6.20. The van der Waals surface area contributed by atoms with Crippen molar-refractivity contribution in [3.05, 3.63) is 0 Å². The molecule has 0 fully saturated rings. The zero-order valence-corrected chi connectivity index (χ0v) is 11.0. The van der Waals surface area contributed by atoms with E-state index >= 15 is 0 Å². The van der Waals surface area contributed by atoms with E-state index < -0.39 is 11.8 Å². The third-order valence-electron chi connectivity index (χ3n) is 2.63. The molecule has 0 aromatic carbocycles. The summed E-state index contributed by atoms with van der Waals surface area (Å²) in [6, 6.07) is 0. The third-order valence-corrected chi connectivity index (χ3v) is 2.63. The predicted octanol–water partition coefficient (Wildman–Crippen LogP) is 2.29. The van der Waals surface area contributed by atoms with Gasteiger partial charge in [-0.15, -0.1) is 0 Å². The number of unbranched alkanes of at least 4 members (excludes halogenated alkanes) is 1. The van der Waals surface area contributed by atoms with Crippen LogP contribution in [-0.4, -0.2) is 24.1 Å². The molecule has 0 amide bonds. The van der Waals surface area contributed by atoms with Crippen LogP contribution in [0.5, 0.6) is 0 Å². The average molecular weight is 242 g/mol. The highest BCUT2D eigenvalue weighted by molar-refractivity contribution is 6.36. The lowest BCUT2D eigenvalue weighted by Gasteiger charge is -2.13. The smallest absolute Gasteiger partial charge is 0.375 e. The summed E-state index contributed by atoms with van der Waals surface area (Å²) in [5.41, 5.74) is 0. The van der Waals surface area contributed by atoms with Crippen LogP contribution in [-0.2, 0) is 19.1 Å². The molecule has 0 radical (unpaired) electrons. The molecule has 4 heteroatoms. The summed E-state index contributed by atoms with van der Waals surface area (Å²) < 4.78 is 4.91. The lowest BCUT2D eigenvalue weighted by atomic mass is 10.0. The molecule has 1 unspecified atom stereocenters. The van der Waals surface area contributed by atoms with Crippen LogP contribution in [0.2, 0.25) is 0 Å². The third kappa shape index (κ3) is 7.66. The van der Waals surface area contributed by atoms with Crippen molar-refractivity contribution in [3.63, 3.8) is 0 Å². The molecular formula is C13H22O4. The molecule has 17 heavy (non-hydrogen) atoms. The minimum absolute atomic E-state index is 0.277. The second-order valence-corrected chi connectivity index (χ2v) is 4.32. The molecule has 0 aliphatic heterocycles. The van der Waals surface area contributed by atoms with Gasteiger partial charge >= 0.3 is 5.97 Å². The number of ether oxygens (including phenoxy) is 1. The second-order valence-electron chi connectivity index (χ2n) is 4.32. The van der Waals surface area contributed by atoms with Gasteiger partial charge in [0.2, 0.25) is 5.78 Å². The summed E-state index contributed by atoms with van der Waals surface area (Å²) >= 11 is 0. The largest absolute Gasteiger partial charge is 0.460 e. The van der Waals surface area contributed by atoms with Gasteiger partial charge < -0.3 is 4.74 Å². The van der Waals surface area contributed by atoms with Crippen molar-refractivity contribution in [2.45, 2.75) is 52.9 Å². The summed E-state index contributed by atoms with van der Waals surface area (Å²) in [6.07, 6.45) is 3.77. The van der Waals surface area contributed by atoms with Crippen LogP contribution in [0.15, 0.2) is 0 Å². The van der Waals surface area contributed by atoms with Crippen molar-refractivity contribution in [1.82, 2.24) is 0 Å². The van der Waals surface area contributed by atoms with Gasteiger partial charge in [-0.25, -0.2) is 4.79 Å². The van der Waals surface area contributed by atoms with E-state index in [1.54, 1.807) is 0 Å². The Hall–Kier alpha value is -1.19. The standard InChI is InChI=1S/C13H22O4/c1-4-6-7-11(5-2)9-17-13(16)12(15)8-10(3)14/h11H,4-9H2,1-3H3. The Bertz CT molecular complexity index is 271. The summed E-state index contributed by atoms with van der Waals surface area (Å²) in [6.45, 7) is 5.70. The van der Waals surface area contributed by atoms with E-state index in [-0.39, 0.29) is 18.8 Å². The first-order chi connectivity index (χ1) is 8.01. The minimum atomic E-state index is -0.879. The van der Waals surface area contributed by atoms with Gasteiger partial charge in [0, 0.05) is 0 Å². The zero-order chi connectivity index (χ0) is 13.3. The molecule has 0 aliphatic carbocycles. The number of carbonyl (C=O) groups excluding carboxylic acids is 3. The highest BCUT2D eigenvalue weighted by Crippen LogP contribution is 2.12. The Morgan fingerprint density at radius 2 is 1.82 bits per heavy atom. The van der Waals surface area contributed by atoms with E-state index in [0.29, 0.717) is 5.92 Å². The monoisotopic (exact) mass is 242 g/mol. The van der Waals surface area contributed by atoms with E-state index in [2.05, 4.69) is 6.92 Å². The zero-order valence-electron chi connectivity index (χ0n) is 11.0. The second kappa shape index (κ2) is 8.90.